The molecule has 2 aromatic heterocycles. The lowest BCUT2D eigenvalue weighted by molar-refractivity contribution is -0.120. The van der Waals surface area contributed by atoms with Crippen LogP contribution in [0.3, 0.4) is 0 Å². The van der Waals surface area contributed by atoms with E-state index in [1.807, 2.05) is 30.3 Å². The van der Waals surface area contributed by atoms with E-state index in [1.165, 1.54) is 12.7 Å². The summed E-state index contributed by atoms with van der Waals surface area (Å²) in [5.74, 6) is 0. The van der Waals surface area contributed by atoms with Gasteiger partial charge in [-0.05, 0) is 6.92 Å². The second kappa shape index (κ2) is 7.83. The number of hydrogen-bond donors (Lipinski definition) is 2. The highest BCUT2D eigenvalue weighted by atomic mass is 31.2. The van der Waals surface area contributed by atoms with Gasteiger partial charge in [0.2, 0.25) is 0 Å². The number of imidazole rings is 1. The summed E-state index contributed by atoms with van der Waals surface area (Å²) in [6.07, 6.45) is 0.517. The number of benzene rings is 1. The normalized spacial score (nSPS) is 29.2. The van der Waals surface area contributed by atoms with E-state index < -0.39 is 26.3 Å². The summed E-state index contributed by atoms with van der Waals surface area (Å²) in [4.78, 5) is 23.1. The molecular formula is C17H19BN4O5P+. The van der Waals surface area contributed by atoms with E-state index in [9.17, 15) is 10.00 Å². The van der Waals surface area contributed by atoms with Gasteiger partial charge < -0.3 is 9.84 Å². The highest BCUT2D eigenvalue weighted by Crippen LogP contribution is 2.52. The predicted octanol–water partition coefficient (Wildman–Crippen LogP) is 1.64. The Morgan fingerprint density at radius 1 is 1.14 bits per heavy atom. The molecule has 1 unspecified atom stereocenters. The van der Waals surface area contributed by atoms with Crippen LogP contribution < -0.4 is 0 Å². The van der Waals surface area contributed by atoms with Gasteiger partial charge in [0.25, 0.3) is 0 Å². The lowest BCUT2D eigenvalue weighted by Gasteiger charge is -2.25. The van der Waals surface area contributed by atoms with Gasteiger partial charge in [0, 0.05) is 5.56 Å². The molecule has 1 saturated heterocycles. The number of rotatable bonds is 2. The number of aromatic nitrogens is 4. The van der Waals surface area contributed by atoms with E-state index in [1.54, 1.807) is 11.5 Å². The first kappa shape index (κ1) is 19.4. The number of hydrogen-bond acceptors (Lipinski definition) is 8. The minimum Gasteiger partial charge on any atom is -0.386 e. The fourth-order valence-corrected chi connectivity index (χ4v) is 3.84. The monoisotopic (exact) mass is 401 g/mol. The van der Waals surface area contributed by atoms with Crippen molar-refractivity contribution in [2.75, 3.05) is 13.2 Å². The average molecular weight is 401 g/mol. The quantitative estimate of drug-likeness (QED) is 0.493. The third-order valence-electron chi connectivity index (χ3n) is 4.31. The molecule has 1 aliphatic rings. The molecular weight excluding hydrogens is 382 g/mol. The zero-order chi connectivity index (χ0) is 19.7. The third kappa shape index (κ3) is 3.93. The Bertz CT molecular complexity index is 957. The lowest BCUT2D eigenvalue weighted by Crippen LogP contribution is -2.32. The van der Waals surface area contributed by atoms with E-state index in [4.69, 9.17) is 21.4 Å². The first-order valence-electron chi connectivity index (χ1n) is 8.70. The van der Waals surface area contributed by atoms with Gasteiger partial charge in [0.05, 0.1) is 12.4 Å². The van der Waals surface area contributed by atoms with Crippen LogP contribution in [-0.4, -0.2) is 62.5 Å². The van der Waals surface area contributed by atoms with Crippen molar-refractivity contribution in [1.82, 2.24) is 19.5 Å². The van der Waals surface area contributed by atoms with Crippen molar-refractivity contribution in [2.24, 2.45) is 0 Å². The molecule has 3 aromatic rings. The molecule has 1 aliphatic heterocycles. The maximum Gasteiger partial charge on any atom is 0.488 e. The van der Waals surface area contributed by atoms with E-state index in [-0.39, 0.29) is 13.2 Å². The molecule has 1 fully saturated rings. The maximum atomic E-state index is 10.6. The van der Waals surface area contributed by atoms with E-state index in [2.05, 4.69) is 15.0 Å². The van der Waals surface area contributed by atoms with Crippen molar-refractivity contribution >= 4 is 26.6 Å². The van der Waals surface area contributed by atoms with Crippen LogP contribution in [0.5, 0.6) is 0 Å². The van der Waals surface area contributed by atoms with Crippen LogP contribution in [0, 0.1) is 0 Å². The van der Waals surface area contributed by atoms with Gasteiger partial charge in [-0.25, -0.2) is 19.8 Å². The van der Waals surface area contributed by atoms with E-state index >= 15 is 0 Å². The summed E-state index contributed by atoms with van der Waals surface area (Å²) in [7, 11) is 2.10. The summed E-state index contributed by atoms with van der Waals surface area (Å²) in [5.41, 5.74) is 2.66. The first-order chi connectivity index (χ1) is 13.4. The number of ether oxygens (including phenoxy) is 1. The fraction of sp³-hybridized carbons (Fsp3) is 0.353. The van der Waals surface area contributed by atoms with Gasteiger partial charge >= 0.3 is 15.4 Å². The van der Waals surface area contributed by atoms with Crippen LogP contribution in [0.4, 0.5) is 0 Å². The van der Waals surface area contributed by atoms with Gasteiger partial charge in [-0.2, -0.15) is 9.05 Å². The van der Waals surface area contributed by atoms with Gasteiger partial charge in [-0.1, -0.05) is 30.3 Å². The Hall–Kier alpha value is -1.94. The topological polar surface area (TPSA) is 112 Å². The summed E-state index contributed by atoms with van der Waals surface area (Å²) in [6.45, 7) is 1.49. The van der Waals surface area contributed by atoms with Crippen molar-refractivity contribution in [3.63, 3.8) is 0 Å². The van der Waals surface area contributed by atoms with Gasteiger partial charge in [-0.15, -0.1) is 0 Å². The average Bonchev–Trinajstić information content (AvgIpc) is 3.14. The van der Waals surface area contributed by atoms with Gasteiger partial charge in [0.1, 0.15) is 36.9 Å². The highest BCUT2D eigenvalue weighted by molar-refractivity contribution is 7.85. The number of aliphatic hydroxyl groups excluding tert-OH is 1. The van der Waals surface area contributed by atoms with Crippen molar-refractivity contribution in [3.8, 4) is 11.3 Å². The van der Waals surface area contributed by atoms with Crippen molar-refractivity contribution < 1.29 is 23.8 Å². The zero-order valence-corrected chi connectivity index (χ0v) is 16.0. The number of aliphatic hydroxyl groups is 1. The number of fused-ring (bicyclic) bond motifs is 1. The molecule has 1 aromatic carbocycles. The summed E-state index contributed by atoms with van der Waals surface area (Å²) in [5, 5.41) is 10.6. The Kier molecular flexibility index (Phi) is 5.42. The molecule has 4 rings (SSSR count). The smallest absolute Gasteiger partial charge is 0.386 e. The molecule has 9 nitrogen and oxygen atoms in total. The molecule has 0 bridgehead atoms. The van der Waals surface area contributed by atoms with Crippen molar-refractivity contribution in [2.45, 2.75) is 25.4 Å². The molecule has 28 heavy (non-hydrogen) atoms. The Morgan fingerprint density at radius 3 is 2.68 bits per heavy atom. The molecule has 3 heterocycles. The van der Waals surface area contributed by atoms with Crippen molar-refractivity contribution in [1.29, 1.82) is 0 Å². The zero-order valence-electron chi connectivity index (χ0n) is 15.1. The largest absolute Gasteiger partial charge is 0.488 e. The SMILES string of the molecule is [B][P+]1(O)OC[C@H](C)O[C@@H](n2cnc3c(-c4ccccc4)ncnc32)[C@@H](O)CO1. The Morgan fingerprint density at radius 2 is 1.89 bits per heavy atom. The predicted molar refractivity (Wildman–Crippen MR) is 103 cm³/mol. The van der Waals surface area contributed by atoms with Crippen LogP contribution in [0.2, 0.25) is 0 Å². The minimum atomic E-state index is -3.50. The molecule has 11 heteroatoms. The molecule has 0 saturated carbocycles. The summed E-state index contributed by atoms with van der Waals surface area (Å²) >= 11 is 0. The Labute approximate surface area is 163 Å². The molecule has 0 aliphatic carbocycles. The molecule has 2 N–H and O–H groups in total. The Balaban J connectivity index is 1.73. The number of nitrogens with zero attached hydrogens (tertiary/aromatic N) is 4. The van der Waals surface area contributed by atoms with Crippen LogP contribution in [0.25, 0.3) is 22.4 Å². The first-order valence-corrected chi connectivity index (χ1v) is 10.4. The molecule has 0 spiro atoms. The summed E-state index contributed by atoms with van der Waals surface area (Å²) in [6, 6.07) is 9.63. The van der Waals surface area contributed by atoms with Gasteiger partial charge in [-0.3, -0.25) is 4.57 Å². The van der Waals surface area contributed by atoms with Crippen LogP contribution in [0.15, 0.2) is 43.0 Å². The van der Waals surface area contributed by atoms with Crippen LogP contribution in [-0.2, 0) is 13.8 Å². The third-order valence-corrected chi connectivity index (χ3v) is 5.34. The second-order valence-electron chi connectivity index (χ2n) is 6.47. The van der Waals surface area contributed by atoms with Gasteiger partial charge in [0.15, 0.2) is 11.9 Å². The van der Waals surface area contributed by atoms with E-state index in [0.717, 1.165) is 5.56 Å². The van der Waals surface area contributed by atoms with E-state index in [0.29, 0.717) is 16.9 Å². The van der Waals surface area contributed by atoms with Crippen molar-refractivity contribution in [3.05, 3.63) is 43.0 Å². The molecule has 144 valence electrons. The highest BCUT2D eigenvalue weighted by Gasteiger charge is 2.40. The molecule has 4 atom stereocenters. The molecule has 2 radical (unpaired) electrons. The second-order valence-corrected chi connectivity index (χ2v) is 8.12. The van der Waals surface area contributed by atoms with Crippen LogP contribution >= 0.6 is 7.82 Å². The summed E-state index contributed by atoms with van der Waals surface area (Å²) < 4.78 is 17.9. The van der Waals surface area contributed by atoms with Crippen LogP contribution in [0.1, 0.15) is 13.2 Å². The fourth-order valence-electron chi connectivity index (χ4n) is 2.98. The lowest BCUT2D eigenvalue weighted by atomic mass is 10.1. The minimum absolute atomic E-state index is 0.0148. The molecule has 0 amide bonds. The standard InChI is InChI=1S/C17H19BN4O5P/c1-11-7-25-28(18,24)26-8-13(23)17(27-11)22-10-21-15-14(19-9-20-16(15)22)12-5-3-2-4-6-12/h2-6,9-11,13,17,23-24H,7-8H2,1H3/q+1/t11-,13-,17+,28?/m0/s1. The maximum absolute atomic E-state index is 10.6.